The lowest BCUT2D eigenvalue weighted by atomic mass is 10.1. The lowest BCUT2D eigenvalue weighted by Gasteiger charge is -2.25. The van der Waals surface area contributed by atoms with Gasteiger partial charge in [-0.05, 0) is 50.2 Å². The summed E-state index contributed by atoms with van der Waals surface area (Å²) in [5.74, 6) is 0. The molecule has 0 spiro atoms. The van der Waals surface area contributed by atoms with Crippen molar-refractivity contribution in [2.45, 2.75) is 20.4 Å². The number of nitrogens with one attached hydrogen (secondary N) is 1. The Morgan fingerprint density at radius 1 is 1.05 bits per heavy atom. The molecule has 2 aromatic rings. The maximum atomic E-state index is 3.57. The Hall–Kier alpha value is -1.32. The van der Waals surface area contributed by atoms with Gasteiger partial charge in [-0.15, -0.1) is 0 Å². The molecular weight excluding hydrogens is 312 g/mol. The first-order valence-electron chi connectivity index (χ1n) is 6.77. The van der Waals surface area contributed by atoms with Gasteiger partial charge in [-0.3, -0.25) is 0 Å². The molecule has 3 heteroatoms. The second-order valence-corrected chi connectivity index (χ2v) is 6.07. The van der Waals surface area contributed by atoms with Crippen LogP contribution in [-0.2, 0) is 6.54 Å². The molecule has 0 aliphatic heterocycles. The number of benzene rings is 2. The minimum Gasteiger partial charge on any atom is -0.344 e. The molecule has 0 fully saturated rings. The van der Waals surface area contributed by atoms with Crippen LogP contribution in [0.25, 0.3) is 0 Å². The Morgan fingerprint density at radius 2 is 1.80 bits per heavy atom. The van der Waals surface area contributed by atoms with Gasteiger partial charge in [-0.1, -0.05) is 39.7 Å². The smallest absolute Gasteiger partial charge is 0.0465 e. The number of rotatable bonds is 4. The molecule has 0 aromatic heterocycles. The quantitative estimate of drug-likeness (QED) is 0.883. The van der Waals surface area contributed by atoms with E-state index in [9.17, 15) is 0 Å². The third-order valence-corrected chi connectivity index (χ3v) is 3.98. The highest BCUT2D eigenvalue weighted by molar-refractivity contribution is 9.10. The van der Waals surface area contributed by atoms with Gasteiger partial charge in [-0.2, -0.15) is 0 Å². The van der Waals surface area contributed by atoms with Gasteiger partial charge in [0.1, 0.15) is 0 Å². The summed E-state index contributed by atoms with van der Waals surface area (Å²) < 4.78 is 1.10. The first-order valence-corrected chi connectivity index (χ1v) is 7.56. The number of hydrogen-bond donors (Lipinski definition) is 1. The molecule has 0 amide bonds. The zero-order valence-corrected chi connectivity index (χ0v) is 14.1. The molecule has 0 aliphatic carbocycles. The lowest BCUT2D eigenvalue weighted by Crippen LogP contribution is -2.16. The van der Waals surface area contributed by atoms with Crippen molar-refractivity contribution in [3.8, 4) is 0 Å². The van der Waals surface area contributed by atoms with Crippen molar-refractivity contribution in [3.05, 3.63) is 57.6 Å². The number of anilines is 2. The third-order valence-electron chi connectivity index (χ3n) is 3.49. The Morgan fingerprint density at radius 3 is 2.45 bits per heavy atom. The van der Waals surface area contributed by atoms with Crippen molar-refractivity contribution in [2.24, 2.45) is 0 Å². The zero-order chi connectivity index (χ0) is 14.7. The van der Waals surface area contributed by atoms with Crippen LogP contribution in [0.4, 0.5) is 11.4 Å². The second-order valence-electron chi connectivity index (χ2n) is 5.15. The van der Waals surface area contributed by atoms with E-state index in [1.54, 1.807) is 0 Å². The van der Waals surface area contributed by atoms with Gasteiger partial charge < -0.3 is 10.2 Å². The Balaban J connectivity index is 2.46. The summed E-state index contributed by atoms with van der Waals surface area (Å²) in [6.07, 6.45) is 0. The zero-order valence-electron chi connectivity index (χ0n) is 12.5. The van der Waals surface area contributed by atoms with Crippen LogP contribution in [0.1, 0.15) is 16.7 Å². The van der Waals surface area contributed by atoms with Crippen LogP contribution in [0.3, 0.4) is 0 Å². The van der Waals surface area contributed by atoms with Crippen molar-refractivity contribution < 1.29 is 0 Å². The van der Waals surface area contributed by atoms with E-state index >= 15 is 0 Å². The number of aryl methyl sites for hydroxylation is 2. The molecule has 106 valence electrons. The summed E-state index contributed by atoms with van der Waals surface area (Å²) >= 11 is 3.57. The van der Waals surface area contributed by atoms with E-state index in [0.29, 0.717) is 0 Å². The molecule has 0 atom stereocenters. The van der Waals surface area contributed by atoms with E-state index in [-0.39, 0.29) is 0 Å². The molecule has 0 heterocycles. The fraction of sp³-hybridized carbons (Fsp3) is 0.294. The van der Waals surface area contributed by atoms with Crippen molar-refractivity contribution in [1.82, 2.24) is 5.32 Å². The first kappa shape index (κ1) is 15.1. The first-order chi connectivity index (χ1) is 9.52. The summed E-state index contributed by atoms with van der Waals surface area (Å²) in [4.78, 5) is 2.26. The molecule has 2 rings (SSSR count). The Bertz CT molecular complexity index is 608. The summed E-state index contributed by atoms with van der Waals surface area (Å²) in [6.45, 7) is 5.15. The minimum atomic E-state index is 0.859. The van der Waals surface area contributed by atoms with Gasteiger partial charge in [0, 0.05) is 29.4 Å². The summed E-state index contributed by atoms with van der Waals surface area (Å²) in [6, 6.07) is 13.0. The van der Waals surface area contributed by atoms with Crippen LogP contribution < -0.4 is 10.2 Å². The largest absolute Gasteiger partial charge is 0.344 e. The predicted octanol–water partition coefficient (Wildman–Crippen LogP) is 4.55. The number of nitrogens with zero attached hydrogens (tertiary/aromatic N) is 1. The fourth-order valence-corrected chi connectivity index (χ4v) is 2.85. The molecule has 1 N–H and O–H groups in total. The SMILES string of the molecule is CNCc1ccc(Br)cc1N(C)c1ccc(C)cc1C. The molecule has 0 saturated heterocycles. The van der Waals surface area contributed by atoms with Gasteiger partial charge in [0.15, 0.2) is 0 Å². The van der Waals surface area contributed by atoms with Crippen LogP contribution in [0, 0.1) is 13.8 Å². The Labute approximate surface area is 129 Å². The van der Waals surface area contributed by atoms with Crippen LogP contribution in [0.2, 0.25) is 0 Å². The molecule has 2 nitrogen and oxygen atoms in total. The van der Waals surface area contributed by atoms with E-state index < -0.39 is 0 Å². The van der Waals surface area contributed by atoms with Crippen molar-refractivity contribution in [2.75, 3.05) is 19.0 Å². The standard InChI is InChI=1S/C17H21BrN2/c1-12-5-8-16(13(2)9-12)20(4)17-10-15(18)7-6-14(17)11-19-3/h5-10,19H,11H2,1-4H3. The molecule has 0 unspecified atom stereocenters. The molecule has 20 heavy (non-hydrogen) atoms. The molecule has 0 aliphatic rings. The normalized spacial score (nSPS) is 10.7. The predicted molar refractivity (Wildman–Crippen MR) is 90.9 cm³/mol. The highest BCUT2D eigenvalue weighted by Crippen LogP contribution is 2.32. The maximum Gasteiger partial charge on any atom is 0.0465 e. The number of hydrogen-bond acceptors (Lipinski definition) is 2. The molecule has 0 bridgehead atoms. The highest BCUT2D eigenvalue weighted by atomic mass is 79.9. The van der Waals surface area contributed by atoms with Gasteiger partial charge in [0.2, 0.25) is 0 Å². The summed E-state index contributed by atoms with van der Waals surface area (Å²) in [5.41, 5.74) is 6.34. The molecule has 0 radical (unpaired) electrons. The minimum absolute atomic E-state index is 0.859. The molecular formula is C17H21BrN2. The fourth-order valence-electron chi connectivity index (χ4n) is 2.50. The lowest BCUT2D eigenvalue weighted by molar-refractivity contribution is 0.815. The van der Waals surface area contributed by atoms with E-state index in [1.165, 1.54) is 28.1 Å². The molecule has 0 saturated carbocycles. The topological polar surface area (TPSA) is 15.3 Å². The summed E-state index contributed by atoms with van der Waals surface area (Å²) in [5, 5.41) is 3.23. The van der Waals surface area contributed by atoms with Gasteiger partial charge in [0.05, 0.1) is 0 Å². The molecule has 2 aromatic carbocycles. The van der Waals surface area contributed by atoms with Gasteiger partial charge in [0.25, 0.3) is 0 Å². The van der Waals surface area contributed by atoms with E-state index in [4.69, 9.17) is 0 Å². The van der Waals surface area contributed by atoms with Crippen LogP contribution in [-0.4, -0.2) is 14.1 Å². The third kappa shape index (κ3) is 3.22. The van der Waals surface area contributed by atoms with Crippen LogP contribution in [0.5, 0.6) is 0 Å². The van der Waals surface area contributed by atoms with Gasteiger partial charge >= 0.3 is 0 Å². The number of halogens is 1. The maximum absolute atomic E-state index is 3.57. The van der Waals surface area contributed by atoms with E-state index in [1.807, 2.05) is 7.05 Å². The van der Waals surface area contributed by atoms with Crippen LogP contribution in [0.15, 0.2) is 40.9 Å². The van der Waals surface area contributed by atoms with Crippen molar-refractivity contribution in [1.29, 1.82) is 0 Å². The highest BCUT2D eigenvalue weighted by Gasteiger charge is 2.11. The average Bonchev–Trinajstić information content (AvgIpc) is 2.40. The van der Waals surface area contributed by atoms with E-state index in [2.05, 4.69) is 83.4 Å². The van der Waals surface area contributed by atoms with Crippen molar-refractivity contribution >= 4 is 27.3 Å². The average molecular weight is 333 g/mol. The van der Waals surface area contributed by atoms with E-state index in [0.717, 1.165) is 11.0 Å². The summed E-state index contributed by atoms with van der Waals surface area (Å²) in [7, 11) is 4.10. The Kier molecular flexibility index (Phi) is 4.84. The second kappa shape index (κ2) is 6.42. The van der Waals surface area contributed by atoms with Gasteiger partial charge in [-0.25, -0.2) is 0 Å². The monoisotopic (exact) mass is 332 g/mol. The van der Waals surface area contributed by atoms with Crippen LogP contribution >= 0.6 is 15.9 Å². The van der Waals surface area contributed by atoms with Crippen molar-refractivity contribution in [3.63, 3.8) is 0 Å².